The van der Waals surface area contributed by atoms with Crippen LogP contribution in [0.1, 0.15) is 39.0 Å². The highest BCUT2D eigenvalue weighted by molar-refractivity contribution is 6.01. The van der Waals surface area contributed by atoms with Gasteiger partial charge in [-0.05, 0) is 43.8 Å². The minimum atomic E-state index is -1.00. The second-order valence-electron chi connectivity index (χ2n) is 5.46. The van der Waals surface area contributed by atoms with Crippen molar-refractivity contribution in [3.8, 4) is 0 Å². The van der Waals surface area contributed by atoms with Crippen molar-refractivity contribution in [2.45, 2.75) is 39.0 Å². The fourth-order valence-electron chi connectivity index (χ4n) is 3.69. The van der Waals surface area contributed by atoms with Crippen molar-refractivity contribution in [1.82, 2.24) is 0 Å². The Balaban J connectivity index is 2.60. The summed E-state index contributed by atoms with van der Waals surface area (Å²) in [5.74, 6) is -1.30. The van der Waals surface area contributed by atoms with Crippen molar-refractivity contribution in [3.05, 3.63) is 11.1 Å². The molecule has 0 unspecified atom stereocenters. The SMILES string of the molecule is COC(=O)[C@@H]1CCCC2=C(C)C(=O)CC[C@@]21C(=O)OC. The molecule has 0 radical (unpaired) electrons. The lowest BCUT2D eigenvalue weighted by Crippen LogP contribution is -2.50. The largest absolute Gasteiger partial charge is 0.469 e. The van der Waals surface area contributed by atoms with Gasteiger partial charge in [-0.15, -0.1) is 0 Å². The van der Waals surface area contributed by atoms with E-state index >= 15 is 0 Å². The van der Waals surface area contributed by atoms with Crippen molar-refractivity contribution in [3.63, 3.8) is 0 Å². The number of allylic oxidation sites excluding steroid dienone is 1. The number of hydrogen-bond acceptors (Lipinski definition) is 5. The number of esters is 2. The maximum absolute atomic E-state index is 12.4. The van der Waals surface area contributed by atoms with Crippen molar-refractivity contribution in [2.75, 3.05) is 14.2 Å². The maximum atomic E-state index is 12.4. The van der Waals surface area contributed by atoms with E-state index in [4.69, 9.17) is 9.47 Å². The molecule has 0 aromatic carbocycles. The van der Waals surface area contributed by atoms with Gasteiger partial charge in [-0.3, -0.25) is 14.4 Å². The van der Waals surface area contributed by atoms with Gasteiger partial charge in [0.25, 0.3) is 0 Å². The van der Waals surface area contributed by atoms with Crippen LogP contribution in [-0.2, 0) is 23.9 Å². The third-order valence-electron chi connectivity index (χ3n) is 4.71. The average Bonchev–Trinajstić information content (AvgIpc) is 2.48. The Hall–Kier alpha value is -1.65. The van der Waals surface area contributed by atoms with Crippen molar-refractivity contribution >= 4 is 17.7 Å². The third kappa shape index (κ3) is 1.96. The van der Waals surface area contributed by atoms with E-state index in [2.05, 4.69) is 0 Å². The number of rotatable bonds is 2. The van der Waals surface area contributed by atoms with E-state index in [0.717, 1.165) is 12.0 Å². The van der Waals surface area contributed by atoms with Gasteiger partial charge >= 0.3 is 11.9 Å². The minimum Gasteiger partial charge on any atom is -0.469 e. The predicted molar refractivity (Wildman–Crippen MR) is 70.7 cm³/mol. The summed E-state index contributed by atoms with van der Waals surface area (Å²) in [5, 5.41) is 0. The number of ether oxygens (including phenoxy) is 2. The Bertz CT molecular complexity index is 490. The zero-order chi connectivity index (χ0) is 14.9. The molecule has 0 saturated heterocycles. The molecular formula is C15H20O5. The summed E-state index contributed by atoms with van der Waals surface area (Å²) < 4.78 is 9.83. The standard InChI is InChI=1S/C15H20O5/c1-9-10-5-4-6-11(13(17)19-2)15(10,14(18)20-3)8-7-12(9)16/h11H,4-8H2,1-3H3/t11-,15+/m0/s1. The highest BCUT2D eigenvalue weighted by Gasteiger charge is 2.57. The van der Waals surface area contributed by atoms with Crippen LogP contribution in [0.4, 0.5) is 0 Å². The van der Waals surface area contributed by atoms with Crippen molar-refractivity contribution in [1.29, 1.82) is 0 Å². The van der Waals surface area contributed by atoms with E-state index in [9.17, 15) is 14.4 Å². The smallest absolute Gasteiger partial charge is 0.316 e. The Morgan fingerprint density at radius 2 is 1.90 bits per heavy atom. The van der Waals surface area contributed by atoms with Gasteiger partial charge in [0.05, 0.1) is 20.1 Å². The van der Waals surface area contributed by atoms with Crippen LogP contribution in [0.2, 0.25) is 0 Å². The van der Waals surface area contributed by atoms with Gasteiger partial charge in [0.15, 0.2) is 5.78 Å². The number of carbonyl (C=O) groups excluding carboxylic acids is 3. The number of Topliss-reactive ketones (excluding diaryl/α,β-unsaturated/α-hetero) is 1. The van der Waals surface area contributed by atoms with E-state index in [1.807, 2.05) is 0 Å². The lowest BCUT2D eigenvalue weighted by Gasteiger charge is -2.45. The second kappa shape index (κ2) is 5.38. The molecule has 110 valence electrons. The van der Waals surface area contributed by atoms with Crippen molar-refractivity contribution < 1.29 is 23.9 Å². The molecule has 2 atom stereocenters. The molecule has 2 rings (SSSR count). The Morgan fingerprint density at radius 1 is 1.20 bits per heavy atom. The third-order valence-corrected chi connectivity index (χ3v) is 4.71. The minimum absolute atomic E-state index is 0.0602. The van der Waals surface area contributed by atoms with E-state index in [0.29, 0.717) is 24.8 Å². The van der Waals surface area contributed by atoms with Crippen LogP contribution in [0, 0.1) is 11.3 Å². The fraction of sp³-hybridized carbons (Fsp3) is 0.667. The molecule has 5 heteroatoms. The molecule has 1 saturated carbocycles. The van der Waals surface area contributed by atoms with Crippen LogP contribution in [-0.4, -0.2) is 31.9 Å². The second-order valence-corrected chi connectivity index (χ2v) is 5.46. The predicted octanol–water partition coefficient (Wildman–Crippen LogP) is 1.80. The molecule has 0 aliphatic heterocycles. The molecule has 20 heavy (non-hydrogen) atoms. The van der Waals surface area contributed by atoms with Crippen LogP contribution in [0.25, 0.3) is 0 Å². The molecular weight excluding hydrogens is 260 g/mol. The molecule has 0 spiro atoms. The summed E-state index contributed by atoms with van der Waals surface area (Å²) in [4.78, 5) is 36.5. The molecule has 0 bridgehead atoms. The monoisotopic (exact) mass is 280 g/mol. The number of methoxy groups -OCH3 is 2. The number of hydrogen-bond donors (Lipinski definition) is 0. The van der Waals surface area contributed by atoms with Crippen molar-refractivity contribution in [2.24, 2.45) is 11.3 Å². The van der Waals surface area contributed by atoms with Gasteiger partial charge < -0.3 is 9.47 Å². The summed E-state index contributed by atoms with van der Waals surface area (Å²) in [7, 11) is 2.65. The summed E-state index contributed by atoms with van der Waals surface area (Å²) >= 11 is 0. The lowest BCUT2D eigenvalue weighted by atomic mass is 9.57. The molecule has 0 aromatic heterocycles. The first kappa shape index (κ1) is 14.8. The Kier molecular flexibility index (Phi) is 3.97. The van der Waals surface area contributed by atoms with Gasteiger partial charge in [0.2, 0.25) is 0 Å². The highest BCUT2D eigenvalue weighted by atomic mass is 16.5. The molecule has 1 fully saturated rings. The molecule has 5 nitrogen and oxygen atoms in total. The number of fused-ring (bicyclic) bond motifs is 1. The van der Waals surface area contributed by atoms with Crippen LogP contribution in [0.15, 0.2) is 11.1 Å². The van der Waals surface area contributed by atoms with Crippen LogP contribution < -0.4 is 0 Å². The zero-order valence-electron chi connectivity index (χ0n) is 12.2. The van der Waals surface area contributed by atoms with Gasteiger partial charge in [-0.1, -0.05) is 0 Å². The summed E-state index contributed by atoms with van der Waals surface area (Å²) in [6.07, 6.45) is 2.65. The van der Waals surface area contributed by atoms with Crippen LogP contribution >= 0.6 is 0 Å². The summed E-state index contributed by atoms with van der Waals surface area (Å²) in [6.45, 7) is 1.74. The van der Waals surface area contributed by atoms with E-state index in [1.54, 1.807) is 6.92 Å². The quantitative estimate of drug-likeness (QED) is 0.721. The Labute approximate surface area is 118 Å². The average molecular weight is 280 g/mol. The number of ketones is 1. The Morgan fingerprint density at radius 3 is 2.50 bits per heavy atom. The topological polar surface area (TPSA) is 69.7 Å². The van der Waals surface area contributed by atoms with Crippen LogP contribution in [0.3, 0.4) is 0 Å². The summed E-state index contributed by atoms with van der Waals surface area (Å²) in [6, 6.07) is 0. The van der Waals surface area contributed by atoms with E-state index < -0.39 is 23.3 Å². The first-order valence-corrected chi connectivity index (χ1v) is 6.88. The normalized spacial score (nSPS) is 29.8. The molecule has 0 N–H and O–H groups in total. The lowest BCUT2D eigenvalue weighted by molar-refractivity contribution is -0.167. The molecule has 2 aliphatic rings. The van der Waals surface area contributed by atoms with Gasteiger partial charge in [-0.2, -0.15) is 0 Å². The van der Waals surface area contributed by atoms with Gasteiger partial charge in [0, 0.05) is 6.42 Å². The van der Waals surface area contributed by atoms with Crippen LogP contribution in [0.5, 0.6) is 0 Å². The summed E-state index contributed by atoms with van der Waals surface area (Å²) in [5.41, 5.74) is 0.399. The first-order valence-electron chi connectivity index (χ1n) is 6.88. The number of carbonyl (C=O) groups is 3. The maximum Gasteiger partial charge on any atom is 0.316 e. The molecule has 0 amide bonds. The fourth-order valence-corrected chi connectivity index (χ4v) is 3.69. The van der Waals surface area contributed by atoms with E-state index in [-0.39, 0.29) is 12.2 Å². The first-order chi connectivity index (χ1) is 9.48. The van der Waals surface area contributed by atoms with Gasteiger partial charge in [-0.25, -0.2) is 0 Å². The van der Waals surface area contributed by atoms with E-state index in [1.165, 1.54) is 14.2 Å². The molecule has 0 aromatic rings. The van der Waals surface area contributed by atoms with Gasteiger partial charge in [0.1, 0.15) is 5.41 Å². The molecule has 0 heterocycles. The molecule has 2 aliphatic carbocycles. The zero-order valence-corrected chi connectivity index (χ0v) is 12.2. The highest BCUT2D eigenvalue weighted by Crippen LogP contribution is 2.53.